The fourth-order valence-corrected chi connectivity index (χ4v) is 0.299. The van der Waals surface area contributed by atoms with Crippen LogP contribution in [0.3, 0.4) is 0 Å². The first kappa shape index (κ1) is 7.96. The normalized spacial score (nSPS) is 11.6. The van der Waals surface area contributed by atoms with Gasteiger partial charge in [0.25, 0.3) is 0 Å². The molecule has 0 rings (SSSR count). The van der Waals surface area contributed by atoms with Crippen LogP contribution in [0.1, 0.15) is 0 Å². The molecule has 0 atom stereocenters. The molecule has 0 aromatic carbocycles. The molecule has 0 unspecified atom stereocenters. The smallest absolute Gasteiger partial charge is 0.230 e. The van der Waals surface area contributed by atoms with E-state index in [0.717, 1.165) is 5.01 Å². The van der Waals surface area contributed by atoms with Crippen molar-refractivity contribution in [1.82, 2.24) is 5.01 Å². The predicted octanol–water partition coefficient (Wildman–Crippen LogP) is -0.823. The van der Waals surface area contributed by atoms with Crippen LogP contribution in [0.5, 0.6) is 0 Å². The number of hydrazine groups is 1. The van der Waals surface area contributed by atoms with Crippen LogP contribution in [0.15, 0.2) is 5.28 Å². The average Bonchev–Trinajstić information content (AvgIpc) is 1.87. The minimum Gasteiger partial charge on any atom is -0.569 e. The third-order valence-corrected chi connectivity index (χ3v) is 0.792. The number of hydrogen-bond acceptors (Lipinski definition) is 3. The highest BCUT2D eigenvalue weighted by Gasteiger charge is 2.01. The van der Waals surface area contributed by atoms with Crippen LogP contribution >= 0.6 is 0 Å². The highest BCUT2D eigenvalue weighted by molar-refractivity contribution is 4.28. The average molecular weight is 135 g/mol. The zero-order valence-corrected chi connectivity index (χ0v) is 5.06. The molecular formula is C3H9N3O3. The Morgan fingerprint density at radius 1 is 1.78 bits per heavy atom. The number of hydrogen-bond donors (Lipinski definition) is 2. The van der Waals surface area contributed by atoms with Gasteiger partial charge in [0, 0.05) is 0 Å². The largest absolute Gasteiger partial charge is 0.569 e. The molecule has 54 valence electrons. The first-order valence-corrected chi connectivity index (χ1v) is 2.36. The molecule has 6 nitrogen and oxygen atoms in total. The minimum absolute atomic E-state index is 0.0176. The lowest BCUT2D eigenvalue weighted by Crippen LogP contribution is -2.28. The van der Waals surface area contributed by atoms with Gasteiger partial charge in [0.2, 0.25) is 5.28 Å². The van der Waals surface area contributed by atoms with Crippen LogP contribution in [-0.2, 0) is 0 Å². The summed E-state index contributed by atoms with van der Waals surface area (Å²) in [5.41, 5.74) is 0. The third kappa shape index (κ3) is 2.70. The van der Waals surface area contributed by atoms with E-state index >= 15 is 0 Å². The van der Waals surface area contributed by atoms with Crippen LogP contribution in [0.25, 0.3) is 0 Å². The third-order valence-electron chi connectivity index (χ3n) is 0.792. The summed E-state index contributed by atoms with van der Waals surface area (Å²) in [5.74, 6) is 0. The molecule has 0 heterocycles. The molecule has 6 heteroatoms. The van der Waals surface area contributed by atoms with E-state index in [1.54, 1.807) is 0 Å². The standard InChI is InChI=1S/C3H9N3O3/c1-5(2-3-7)6(9)4-8/h7-8H,2-3H2,1H3/b6-4+. The van der Waals surface area contributed by atoms with Gasteiger partial charge < -0.3 is 15.5 Å². The van der Waals surface area contributed by atoms with Crippen molar-refractivity contribution in [1.29, 1.82) is 0 Å². The first-order valence-electron chi connectivity index (χ1n) is 2.36. The topological polar surface area (TPSA) is 82.1 Å². The summed E-state index contributed by atoms with van der Waals surface area (Å²) in [5, 5.41) is 29.6. The molecule has 9 heavy (non-hydrogen) atoms. The van der Waals surface area contributed by atoms with Crippen LogP contribution in [-0.4, -0.2) is 40.5 Å². The molecule has 0 aromatic rings. The quantitative estimate of drug-likeness (QED) is 0.301. The molecule has 0 saturated carbocycles. The number of aliphatic hydroxyl groups is 1. The molecule has 0 spiro atoms. The van der Waals surface area contributed by atoms with Crippen molar-refractivity contribution in [3.63, 3.8) is 0 Å². The molecule has 2 N–H and O–H groups in total. The Labute approximate surface area is 52.1 Å². The second kappa shape index (κ2) is 3.90. The Kier molecular flexibility index (Phi) is 3.45. The van der Waals surface area contributed by atoms with E-state index in [1.165, 1.54) is 7.05 Å². The maximum atomic E-state index is 10.2. The van der Waals surface area contributed by atoms with Crippen LogP contribution in [0.2, 0.25) is 0 Å². The molecular weight excluding hydrogens is 126 g/mol. The van der Waals surface area contributed by atoms with Gasteiger partial charge in [-0.3, -0.25) is 0 Å². The van der Waals surface area contributed by atoms with Crippen molar-refractivity contribution in [3.8, 4) is 0 Å². The Bertz CT molecular complexity index is 104. The molecule has 0 saturated heterocycles. The molecule has 0 radical (unpaired) electrons. The highest BCUT2D eigenvalue weighted by Crippen LogP contribution is 1.81. The Morgan fingerprint density at radius 2 is 2.33 bits per heavy atom. The Hall–Kier alpha value is -1.04. The van der Waals surface area contributed by atoms with Gasteiger partial charge in [0.1, 0.15) is 0 Å². The summed E-state index contributed by atoms with van der Waals surface area (Å²) in [6, 6.07) is 0. The second-order valence-electron chi connectivity index (χ2n) is 1.45. The van der Waals surface area contributed by atoms with Crippen molar-refractivity contribution >= 4 is 0 Å². The van der Waals surface area contributed by atoms with Crippen molar-refractivity contribution < 1.29 is 15.3 Å². The van der Waals surface area contributed by atoms with Gasteiger partial charge in [-0.25, -0.2) is 0 Å². The fourth-order valence-electron chi connectivity index (χ4n) is 0.299. The monoisotopic (exact) mass is 135 g/mol. The molecule has 0 aromatic heterocycles. The molecule has 0 aliphatic carbocycles. The molecule has 0 fully saturated rings. The van der Waals surface area contributed by atoms with Crippen molar-refractivity contribution in [2.75, 3.05) is 20.2 Å². The van der Waals surface area contributed by atoms with Crippen LogP contribution < -0.4 is 0 Å². The molecule has 0 aliphatic heterocycles. The van der Waals surface area contributed by atoms with E-state index in [9.17, 15) is 5.21 Å². The number of rotatable bonds is 3. The lowest BCUT2D eigenvalue weighted by atomic mass is 10.7. The second-order valence-corrected chi connectivity index (χ2v) is 1.45. The van der Waals surface area contributed by atoms with Gasteiger partial charge in [-0.1, -0.05) is 0 Å². The van der Waals surface area contributed by atoms with Crippen LogP contribution in [0, 0.1) is 5.21 Å². The van der Waals surface area contributed by atoms with Crippen molar-refractivity contribution in [3.05, 3.63) is 5.21 Å². The SMILES string of the molecule is CN(CCO)/[N+]([O-])=N\O. The predicted molar refractivity (Wildman–Crippen MR) is 27.6 cm³/mol. The summed E-state index contributed by atoms with van der Waals surface area (Å²) in [6.07, 6.45) is 0. The van der Waals surface area contributed by atoms with Crippen molar-refractivity contribution in [2.45, 2.75) is 0 Å². The summed E-state index contributed by atoms with van der Waals surface area (Å²) < 4.78 is 0. The molecule has 0 aliphatic rings. The van der Waals surface area contributed by atoms with E-state index in [4.69, 9.17) is 10.3 Å². The van der Waals surface area contributed by atoms with E-state index in [0.29, 0.717) is 0 Å². The summed E-state index contributed by atoms with van der Waals surface area (Å²) in [7, 11) is 1.39. The maximum absolute atomic E-state index is 10.2. The van der Waals surface area contributed by atoms with Gasteiger partial charge in [-0.15, -0.1) is 5.01 Å². The van der Waals surface area contributed by atoms with Gasteiger partial charge >= 0.3 is 0 Å². The van der Waals surface area contributed by atoms with E-state index in [2.05, 4.69) is 5.28 Å². The minimum atomic E-state index is -0.148. The Balaban J connectivity index is 3.59. The molecule has 0 bridgehead atoms. The zero-order chi connectivity index (χ0) is 7.28. The Morgan fingerprint density at radius 3 is 2.67 bits per heavy atom. The van der Waals surface area contributed by atoms with Gasteiger partial charge in [-0.2, -0.15) is 0 Å². The number of likely N-dealkylation sites (N-methyl/N-ethyl adjacent to an activating group) is 1. The van der Waals surface area contributed by atoms with E-state index in [1.807, 2.05) is 0 Å². The van der Waals surface area contributed by atoms with Gasteiger partial charge in [0.15, 0.2) is 0 Å². The van der Waals surface area contributed by atoms with Gasteiger partial charge in [0.05, 0.1) is 25.2 Å². The lowest BCUT2D eigenvalue weighted by Gasteiger charge is -2.08. The van der Waals surface area contributed by atoms with E-state index in [-0.39, 0.29) is 18.1 Å². The lowest BCUT2D eigenvalue weighted by molar-refractivity contribution is -0.704. The number of nitrogens with zero attached hydrogens (tertiary/aromatic N) is 3. The summed E-state index contributed by atoms with van der Waals surface area (Å²) in [4.78, 5) is -0.0176. The first-order chi connectivity index (χ1) is 4.22. The zero-order valence-electron chi connectivity index (χ0n) is 5.06. The number of aliphatic hydroxyl groups excluding tert-OH is 1. The summed E-state index contributed by atoms with van der Waals surface area (Å²) in [6.45, 7) is -0.00167. The molecule has 0 amide bonds. The fraction of sp³-hybridized carbons (Fsp3) is 1.00. The van der Waals surface area contributed by atoms with E-state index < -0.39 is 0 Å². The van der Waals surface area contributed by atoms with Gasteiger partial charge in [-0.05, 0) is 0 Å². The van der Waals surface area contributed by atoms with Crippen LogP contribution in [0.4, 0.5) is 0 Å². The van der Waals surface area contributed by atoms with Crippen molar-refractivity contribution in [2.24, 2.45) is 5.28 Å². The summed E-state index contributed by atoms with van der Waals surface area (Å²) >= 11 is 0. The maximum Gasteiger partial charge on any atom is 0.230 e. The highest BCUT2D eigenvalue weighted by atomic mass is 16.6.